The molecule has 1 aromatic carbocycles. The molecule has 1 rings (SSSR count). The van der Waals surface area contributed by atoms with E-state index in [1.807, 2.05) is 91.1 Å². The van der Waals surface area contributed by atoms with Crippen molar-refractivity contribution in [3.8, 4) is 11.5 Å². The molecule has 0 saturated heterocycles. The molecule has 0 atom stereocenters. The van der Waals surface area contributed by atoms with Crippen LogP contribution in [0.3, 0.4) is 0 Å². The molecule has 0 radical (unpaired) electrons. The molecule has 0 spiro atoms. The van der Waals surface area contributed by atoms with Gasteiger partial charge in [-0.25, -0.2) is 0 Å². The summed E-state index contributed by atoms with van der Waals surface area (Å²) in [5, 5.41) is 6.21. The Labute approximate surface area is 250 Å². The lowest BCUT2D eigenvalue weighted by atomic mass is 10.1. The first-order chi connectivity index (χ1) is 19.4. The highest BCUT2D eigenvalue weighted by Gasteiger charge is 2.06. The number of carbonyl (C=O) groups excluding carboxylic acids is 2. The maximum Gasteiger partial charge on any atom is 0.220 e. The number of nitrogens with one attached hydrogen (secondary N) is 2. The molecule has 7 nitrogen and oxygen atoms in total. The number of benzene rings is 1. The number of hydrogen-bond acceptors (Lipinski definition) is 7. The molecule has 0 aliphatic heterocycles. The molecule has 0 fully saturated rings. The first-order valence-electron chi connectivity index (χ1n) is 13.8. The van der Waals surface area contributed by atoms with Crippen molar-refractivity contribution in [2.24, 2.45) is 5.73 Å². The first kappa shape index (κ1) is 39.4. The number of amides is 2. The van der Waals surface area contributed by atoms with E-state index >= 15 is 0 Å². The maximum absolute atomic E-state index is 11.9. The van der Waals surface area contributed by atoms with Gasteiger partial charge in [-0.15, -0.1) is 0 Å². The van der Waals surface area contributed by atoms with E-state index in [0.29, 0.717) is 24.3 Å². The van der Waals surface area contributed by atoms with Crippen molar-refractivity contribution in [3.63, 3.8) is 0 Å². The highest BCUT2D eigenvalue weighted by molar-refractivity contribution is 8.76. The summed E-state index contributed by atoms with van der Waals surface area (Å²) in [6.07, 6.45) is 15.4. The second-order valence-corrected chi connectivity index (χ2v) is 10.6. The third-order valence-electron chi connectivity index (χ3n) is 4.69. The normalized spacial score (nSPS) is 10.7. The minimum Gasteiger partial charge on any atom is -0.493 e. The van der Waals surface area contributed by atoms with E-state index in [4.69, 9.17) is 15.2 Å². The van der Waals surface area contributed by atoms with E-state index in [-0.39, 0.29) is 11.8 Å². The van der Waals surface area contributed by atoms with Crippen molar-refractivity contribution < 1.29 is 19.1 Å². The molecular formula is C31H51N3O4S2. The molecule has 2 amide bonds. The van der Waals surface area contributed by atoms with Crippen LogP contribution in [0.1, 0.15) is 65.4 Å². The van der Waals surface area contributed by atoms with Crippen LogP contribution in [0.5, 0.6) is 11.5 Å². The van der Waals surface area contributed by atoms with Gasteiger partial charge in [0.15, 0.2) is 11.5 Å². The molecule has 0 bridgehead atoms. The lowest BCUT2D eigenvalue weighted by molar-refractivity contribution is -0.121. The minimum atomic E-state index is -0.211. The monoisotopic (exact) mass is 593 g/mol. The summed E-state index contributed by atoms with van der Waals surface area (Å²) in [6, 6.07) is 5.77. The quantitative estimate of drug-likeness (QED) is 0.0909. The summed E-state index contributed by atoms with van der Waals surface area (Å²) >= 11 is 0. The topological polar surface area (TPSA) is 103 Å². The van der Waals surface area contributed by atoms with Gasteiger partial charge < -0.3 is 25.8 Å². The van der Waals surface area contributed by atoms with E-state index in [2.05, 4.69) is 24.1 Å². The largest absolute Gasteiger partial charge is 0.493 e. The smallest absolute Gasteiger partial charge is 0.220 e. The molecule has 9 heteroatoms. The summed E-state index contributed by atoms with van der Waals surface area (Å²) in [5.74, 6) is 3.40. The Morgan fingerprint density at radius 1 is 1.00 bits per heavy atom. The lowest BCUT2D eigenvalue weighted by Gasteiger charge is -2.09. The van der Waals surface area contributed by atoms with Gasteiger partial charge in [-0.2, -0.15) is 0 Å². The van der Waals surface area contributed by atoms with Crippen LogP contribution in [0.25, 0.3) is 6.08 Å². The second kappa shape index (κ2) is 29.2. The molecule has 40 heavy (non-hydrogen) atoms. The number of nitrogens with two attached hydrogens (primary N) is 1. The van der Waals surface area contributed by atoms with Gasteiger partial charge in [0.2, 0.25) is 11.8 Å². The Balaban J connectivity index is 0. The molecular weight excluding hydrogens is 542 g/mol. The number of rotatable bonds is 19. The molecule has 0 unspecified atom stereocenters. The molecule has 226 valence electrons. The molecule has 0 heterocycles. The lowest BCUT2D eigenvalue weighted by Crippen LogP contribution is -2.26. The summed E-state index contributed by atoms with van der Waals surface area (Å²) < 4.78 is 10.8. The van der Waals surface area contributed by atoms with Crippen LogP contribution >= 0.6 is 21.6 Å². The molecule has 1 aromatic rings. The van der Waals surface area contributed by atoms with E-state index in [1.165, 1.54) is 6.42 Å². The highest BCUT2D eigenvalue weighted by atomic mass is 33.1. The fourth-order valence-corrected chi connectivity index (χ4v) is 4.93. The summed E-state index contributed by atoms with van der Waals surface area (Å²) in [6.45, 7) is 13.3. The zero-order chi connectivity index (χ0) is 30.4. The van der Waals surface area contributed by atoms with Crippen LogP contribution in [-0.2, 0) is 9.59 Å². The molecule has 0 aromatic heterocycles. The number of carbonyl (C=O) groups is 2. The van der Waals surface area contributed by atoms with Crippen molar-refractivity contribution in [3.05, 3.63) is 66.4 Å². The van der Waals surface area contributed by atoms with E-state index in [9.17, 15) is 9.59 Å². The summed E-state index contributed by atoms with van der Waals surface area (Å²) in [4.78, 5) is 21.7. The Bertz CT molecular complexity index is 903. The van der Waals surface area contributed by atoms with Crippen LogP contribution in [0, 0.1) is 0 Å². The minimum absolute atomic E-state index is 0.110. The predicted octanol–water partition coefficient (Wildman–Crippen LogP) is 6.92. The number of para-hydroxylation sites is 1. The van der Waals surface area contributed by atoms with Crippen LogP contribution < -0.4 is 25.8 Å². The van der Waals surface area contributed by atoms with Crippen LogP contribution in [-0.4, -0.2) is 50.6 Å². The molecule has 0 aliphatic rings. The average molecular weight is 594 g/mol. The van der Waals surface area contributed by atoms with Crippen LogP contribution in [0.2, 0.25) is 0 Å². The van der Waals surface area contributed by atoms with Crippen molar-refractivity contribution in [2.45, 2.75) is 59.8 Å². The summed E-state index contributed by atoms with van der Waals surface area (Å²) in [7, 11) is 6.94. The van der Waals surface area contributed by atoms with Crippen molar-refractivity contribution in [1.29, 1.82) is 0 Å². The zero-order valence-corrected chi connectivity index (χ0v) is 26.9. The molecule has 4 N–H and O–H groups in total. The number of ether oxygens (including phenoxy) is 2. The van der Waals surface area contributed by atoms with E-state index < -0.39 is 0 Å². The van der Waals surface area contributed by atoms with Gasteiger partial charge in [0.1, 0.15) is 0 Å². The van der Waals surface area contributed by atoms with E-state index in [0.717, 1.165) is 48.6 Å². The van der Waals surface area contributed by atoms with E-state index in [1.54, 1.807) is 20.3 Å². The number of hydrogen-bond donors (Lipinski definition) is 3. The Hall–Kier alpha value is -2.78. The summed E-state index contributed by atoms with van der Waals surface area (Å²) in [5.41, 5.74) is 6.67. The number of allylic oxidation sites excluding steroid dienone is 5. The van der Waals surface area contributed by atoms with Gasteiger partial charge in [-0.3, -0.25) is 9.59 Å². The third kappa shape index (κ3) is 22.1. The van der Waals surface area contributed by atoms with Gasteiger partial charge in [-0.05, 0) is 43.2 Å². The van der Waals surface area contributed by atoms with Crippen LogP contribution in [0.4, 0.5) is 0 Å². The Morgan fingerprint density at radius 3 is 2.30 bits per heavy atom. The second-order valence-electron chi connectivity index (χ2n) is 7.92. The van der Waals surface area contributed by atoms with Crippen LogP contribution in [0.15, 0.2) is 60.9 Å². The fraction of sp³-hybridized carbons (Fsp3) is 0.484. The Morgan fingerprint density at radius 2 is 1.73 bits per heavy atom. The highest BCUT2D eigenvalue weighted by Crippen LogP contribution is 2.31. The van der Waals surface area contributed by atoms with Gasteiger partial charge in [-0.1, -0.05) is 92.3 Å². The SMILES string of the molecule is C=C/C=C(\C=C/NCCCC(=O)NCCSSCCC)/C=C/c1cccc(OC)c1OC.CC.CCCC(N)=O. The fourth-order valence-electron chi connectivity index (χ4n) is 2.89. The third-order valence-corrected chi connectivity index (χ3v) is 7.30. The molecule has 0 saturated carbocycles. The van der Waals surface area contributed by atoms with Gasteiger partial charge in [0.25, 0.3) is 0 Å². The Kier molecular flexibility index (Phi) is 28.7. The van der Waals surface area contributed by atoms with Crippen molar-refractivity contribution >= 4 is 39.5 Å². The number of primary amides is 1. The number of methoxy groups -OCH3 is 2. The predicted molar refractivity (Wildman–Crippen MR) is 177 cm³/mol. The van der Waals surface area contributed by atoms with Gasteiger partial charge >= 0.3 is 0 Å². The molecule has 0 aliphatic carbocycles. The standard InChI is InChI=1S/C25H36N2O3S2.C4H9NO.C2H6/c1-5-9-21(13-14-22-10-7-11-23(29-3)25(22)30-4)15-17-26-16-8-12-24(28)27-18-20-32-31-19-6-2;1-2-3-4(5)6;1-2/h5,7,9-11,13-15,17,26H,1,6,8,12,16,18-20H2,2-4H3,(H,27,28);2-3H2,1H3,(H2,5,6);1-2H3/b14-13+,17-15-,21-9-;;. The average Bonchev–Trinajstić information content (AvgIpc) is 2.96. The van der Waals surface area contributed by atoms with Crippen molar-refractivity contribution in [2.75, 3.05) is 38.8 Å². The van der Waals surface area contributed by atoms with Gasteiger partial charge in [0, 0.05) is 43.0 Å². The maximum atomic E-state index is 11.9. The van der Waals surface area contributed by atoms with Crippen molar-refractivity contribution in [1.82, 2.24) is 10.6 Å². The zero-order valence-electron chi connectivity index (χ0n) is 25.3. The first-order valence-corrected chi connectivity index (χ1v) is 16.3. The van der Waals surface area contributed by atoms with Gasteiger partial charge in [0.05, 0.1) is 14.2 Å².